The number of aliphatic hydroxyl groups excluding tert-OH is 1. The fourth-order valence-corrected chi connectivity index (χ4v) is 3.95. The molecule has 0 spiro atoms. The molecule has 2 aromatic carbocycles. The number of aliphatic hydroxyl groups is 1. The molecule has 0 saturated heterocycles. The highest BCUT2D eigenvalue weighted by molar-refractivity contribution is 7.92. The van der Waals surface area contributed by atoms with Gasteiger partial charge in [-0.25, -0.2) is 8.42 Å². The number of benzene rings is 2. The highest BCUT2D eigenvalue weighted by Crippen LogP contribution is 2.28. The van der Waals surface area contributed by atoms with E-state index in [4.69, 9.17) is 11.6 Å². The molecular weight excluding hydrogens is 389 g/mol. The fourth-order valence-electron chi connectivity index (χ4n) is 2.26. The monoisotopic (exact) mass is 409 g/mol. The number of allylic oxidation sites excluding steroid dienone is 4. The Morgan fingerprint density at radius 3 is 2.54 bits per heavy atom. The third-order valence-electron chi connectivity index (χ3n) is 3.63. The number of anilines is 1. The van der Waals surface area contributed by atoms with Gasteiger partial charge in [0.15, 0.2) is 0 Å². The van der Waals surface area contributed by atoms with Gasteiger partial charge >= 0.3 is 0 Å². The molecule has 26 heavy (non-hydrogen) atoms. The molecule has 0 saturated carbocycles. The molecule has 4 nitrogen and oxygen atoms in total. The average molecular weight is 410 g/mol. The minimum absolute atomic E-state index is 0.00267. The summed E-state index contributed by atoms with van der Waals surface area (Å²) in [7, 11) is -1.23. The van der Waals surface area contributed by atoms with E-state index in [0.717, 1.165) is 16.5 Å². The van der Waals surface area contributed by atoms with E-state index in [1.54, 1.807) is 36.4 Å². The van der Waals surface area contributed by atoms with Gasteiger partial charge in [-0.1, -0.05) is 47.3 Å². The highest BCUT2D eigenvalue weighted by Gasteiger charge is 2.18. The predicted molar refractivity (Wildman–Crippen MR) is 112 cm³/mol. The van der Waals surface area contributed by atoms with Crippen molar-refractivity contribution in [1.82, 2.24) is 0 Å². The van der Waals surface area contributed by atoms with Gasteiger partial charge in [0.1, 0.15) is 4.90 Å². The van der Waals surface area contributed by atoms with Crippen LogP contribution in [0.25, 0.3) is 5.57 Å². The predicted octanol–water partition coefficient (Wildman–Crippen LogP) is 4.82. The van der Waals surface area contributed by atoms with Gasteiger partial charge in [-0.15, -0.1) is 9.24 Å². The third kappa shape index (κ3) is 5.42. The lowest BCUT2D eigenvalue weighted by Gasteiger charge is -2.11. The molecule has 0 aliphatic carbocycles. The van der Waals surface area contributed by atoms with Crippen molar-refractivity contribution in [2.24, 2.45) is 0 Å². The molecule has 2 rings (SSSR count). The molecule has 2 aromatic rings. The van der Waals surface area contributed by atoms with Crippen molar-refractivity contribution in [2.75, 3.05) is 4.72 Å². The molecule has 0 radical (unpaired) electrons. The molecule has 7 heteroatoms. The summed E-state index contributed by atoms with van der Waals surface area (Å²) < 4.78 is 27.8. The van der Waals surface area contributed by atoms with E-state index < -0.39 is 10.0 Å². The number of rotatable bonds is 6. The zero-order valence-corrected chi connectivity index (χ0v) is 17.3. The normalized spacial score (nSPS) is 13.0. The van der Waals surface area contributed by atoms with Crippen molar-refractivity contribution >= 4 is 42.1 Å². The summed E-state index contributed by atoms with van der Waals surface area (Å²) in [5, 5.41) is 10.4. The van der Waals surface area contributed by atoms with Crippen LogP contribution in [-0.2, 0) is 16.6 Å². The first-order chi connectivity index (χ1) is 12.2. The zero-order valence-electron chi connectivity index (χ0n) is 14.5. The summed E-state index contributed by atoms with van der Waals surface area (Å²) >= 11 is 6.24. The van der Waals surface area contributed by atoms with E-state index >= 15 is 0 Å². The molecule has 0 amide bonds. The number of nitrogens with one attached hydrogen (secondary N) is 1. The first kappa shape index (κ1) is 20.7. The summed E-state index contributed by atoms with van der Waals surface area (Å²) in [6.07, 6.45) is 3.90. The lowest BCUT2D eigenvalue weighted by Crippen LogP contribution is -2.13. The van der Waals surface area contributed by atoms with Crippen molar-refractivity contribution < 1.29 is 13.5 Å². The van der Waals surface area contributed by atoms with E-state index in [9.17, 15) is 13.5 Å². The van der Waals surface area contributed by atoms with Crippen LogP contribution in [0.1, 0.15) is 25.0 Å². The van der Waals surface area contributed by atoms with Crippen LogP contribution in [0, 0.1) is 0 Å². The van der Waals surface area contributed by atoms with Gasteiger partial charge in [0.05, 0.1) is 11.6 Å². The zero-order chi connectivity index (χ0) is 19.3. The molecular formula is C19H21ClNO3PS. The van der Waals surface area contributed by atoms with Gasteiger partial charge in [-0.05, 0) is 54.8 Å². The van der Waals surface area contributed by atoms with Crippen LogP contribution < -0.4 is 4.72 Å². The number of hydrogen-bond donors (Lipinski definition) is 2. The minimum Gasteiger partial charge on any atom is -0.392 e. The molecule has 0 fully saturated rings. The molecule has 1 unspecified atom stereocenters. The van der Waals surface area contributed by atoms with Gasteiger partial charge in [-0.3, -0.25) is 4.72 Å². The summed E-state index contributed by atoms with van der Waals surface area (Å²) in [5.74, 6) is 0. The van der Waals surface area contributed by atoms with E-state index in [-0.39, 0.29) is 16.5 Å². The van der Waals surface area contributed by atoms with Crippen LogP contribution in [0.2, 0.25) is 5.02 Å². The molecule has 0 aliphatic heterocycles. The van der Waals surface area contributed by atoms with Crippen molar-refractivity contribution in [3.63, 3.8) is 0 Å². The second-order valence-corrected chi connectivity index (χ2v) is 8.84. The van der Waals surface area contributed by atoms with Crippen molar-refractivity contribution in [1.29, 1.82) is 0 Å². The Labute approximate surface area is 161 Å². The minimum atomic E-state index is -3.84. The smallest absolute Gasteiger partial charge is 0.263 e. The maximum atomic E-state index is 12.6. The Kier molecular flexibility index (Phi) is 7.01. The van der Waals surface area contributed by atoms with Crippen LogP contribution in [0.3, 0.4) is 0 Å². The van der Waals surface area contributed by atoms with E-state index in [0.29, 0.717) is 11.3 Å². The molecule has 1 atom stereocenters. The SMILES string of the molecule is C/C(P)=C\C=C(/C)c1ccc(S(=O)(=O)Nc2cccc(CO)c2)c(Cl)c1. The Morgan fingerprint density at radius 1 is 1.19 bits per heavy atom. The molecule has 138 valence electrons. The van der Waals surface area contributed by atoms with E-state index in [1.807, 2.05) is 26.0 Å². The lowest BCUT2D eigenvalue weighted by molar-refractivity contribution is 0.282. The second kappa shape index (κ2) is 8.83. The molecule has 0 heterocycles. The quantitative estimate of drug-likeness (QED) is 0.531. The maximum Gasteiger partial charge on any atom is 0.263 e. The largest absolute Gasteiger partial charge is 0.392 e. The van der Waals surface area contributed by atoms with E-state index in [2.05, 4.69) is 14.0 Å². The Bertz CT molecular complexity index is 964. The van der Waals surface area contributed by atoms with Crippen molar-refractivity contribution in [3.8, 4) is 0 Å². The standard InChI is InChI=1S/C19H21ClNO3PS/c1-13(6-7-14(2)25)16-8-9-19(18(20)11-16)26(23,24)21-17-5-3-4-15(10-17)12-22/h3-11,21-22H,12,25H2,1-2H3/b13-6+,14-7+. The van der Waals surface area contributed by atoms with Crippen LogP contribution in [0.15, 0.2) is 64.8 Å². The summed E-state index contributed by atoms with van der Waals surface area (Å²) in [6, 6.07) is 11.4. The molecule has 0 aromatic heterocycles. The van der Waals surface area contributed by atoms with Crippen molar-refractivity contribution in [3.05, 3.63) is 76.1 Å². The summed E-state index contributed by atoms with van der Waals surface area (Å²) in [6.45, 7) is 3.73. The lowest BCUT2D eigenvalue weighted by atomic mass is 10.1. The fraction of sp³-hybridized carbons (Fsp3) is 0.158. The Hall–Kier alpha value is -1.65. The van der Waals surface area contributed by atoms with Gasteiger partial charge in [0.2, 0.25) is 0 Å². The maximum absolute atomic E-state index is 12.6. The molecule has 0 bridgehead atoms. The molecule has 2 N–H and O–H groups in total. The van der Waals surface area contributed by atoms with Crippen molar-refractivity contribution in [2.45, 2.75) is 25.3 Å². The number of halogens is 1. The topological polar surface area (TPSA) is 66.4 Å². The first-order valence-corrected chi connectivity index (χ1v) is 10.3. The first-order valence-electron chi connectivity index (χ1n) is 7.86. The number of sulfonamides is 1. The van der Waals surface area contributed by atoms with Gasteiger partial charge < -0.3 is 5.11 Å². The van der Waals surface area contributed by atoms with Crippen LogP contribution in [0.5, 0.6) is 0 Å². The third-order valence-corrected chi connectivity index (χ3v) is 5.69. The van der Waals surface area contributed by atoms with E-state index in [1.165, 1.54) is 6.07 Å². The van der Waals surface area contributed by atoms with Crippen LogP contribution >= 0.6 is 20.8 Å². The Morgan fingerprint density at radius 2 is 1.92 bits per heavy atom. The second-order valence-electron chi connectivity index (χ2n) is 5.87. The van der Waals surface area contributed by atoms with Gasteiger partial charge in [0.25, 0.3) is 10.0 Å². The van der Waals surface area contributed by atoms with Gasteiger partial charge in [0, 0.05) is 5.69 Å². The highest BCUT2D eigenvalue weighted by atomic mass is 35.5. The summed E-state index contributed by atoms with van der Waals surface area (Å²) in [4.78, 5) is 0.00267. The average Bonchev–Trinajstić information content (AvgIpc) is 2.59. The van der Waals surface area contributed by atoms with Crippen LogP contribution in [-0.4, -0.2) is 13.5 Å². The molecule has 0 aliphatic rings. The summed E-state index contributed by atoms with van der Waals surface area (Å²) in [5.41, 5.74) is 2.80. The van der Waals surface area contributed by atoms with Gasteiger partial charge in [-0.2, -0.15) is 0 Å². The number of hydrogen-bond acceptors (Lipinski definition) is 3. The van der Waals surface area contributed by atoms with Crippen LogP contribution in [0.4, 0.5) is 5.69 Å². The Balaban J connectivity index is 2.32.